The van der Waals surface area contributed by atoms with E-state index in [-0.39, 0.29) is 23.8 Å². The summed E-state index contributed by atoms with van der Waals surface area (Å²) in [5.74, 6) is 0.988. The highest BCUT2D eigenvalue weighted by molar-refractivity contribution is 5.94. The molecule has 5 heteroatoms. The zero-order chi connectivity index (χ0) is 18.5. The van der Waals surface area contributed by atoms with Gasteiger partial charge in [-0.25, -0.2) is 0 Å². The van der Waals surface area contributed by atoms with Gasteiger partial charge in [0.05, 0.1) is 6.04 Å². The zero-order valence-corrected chi connectivity index (χ0v) is 16.0. The third kappa shape index (κ3) is 5.31. The number of hydrogen-bond acceptors (Lipinski definition) is 3. The Kier molecular flexibility index (Phi) is 6.30. The van der Waals surface area contributed by atoms with Crippen LogP contribution < -0.4 is 10.6 Å². The van der Waals surface area contributed by atoms with Crippen molar-refractivity contribution in [1.82, 2.24) is 10.2 Å². The molecule has 1 saturated heterocycles. The number of carbonyl (C=O) groups excluding carboxylic acids is 2. The van der Waals surface area contributed by atoms with Crippen molar-refractivity contribution in [2.75, 3.05) is 18.4 Å². The van der Waals surface area contributed by atoms with Gasteiger partial charge < -0.3 is 10.6 Å². The van der Waals surface area contributed by atoms with E-state index in [1.807, 2.05) is 24.3 Å². The molecule has 0 aromatic heterocycles. The van der Waals surface area contributed by atoms with Crippen LogP contribution in [-0.4, -0.2) is 35.8 Å². The number of nitrogens with zero attached hydrogens (tertiary/aromatic N) is 1. The normalized spacial score (nSPS) is 20.8. The second kappa shape index (κ2) is 8.67. The van der Waals surface area contributed by atoms with E-state index in [1.165, 1.54) is 6.42 Å². The predicted octanol–water partition coefficient (Wildman–Crippen LogP) is 3.16. The van der Waals surface area contributed by atoms with Crippen molar-refractivity contribution in [3.05, 3.63) is 29.8 Å². The van der Waals surface area contributed by atoms with E-state index >= 15 is 0 Å². The van der Waals surface area contributed by atoms with Crippen molar-refractivity contribution >= 4 is 17.5 Å². The van der Waals surface area contributed by atoms with E-state index in [0.717, 1.165) is 50.0 Å². The summed E-state index contributed by atoms with van der Waals surface area (Å²) in [6, 6.07) is 7.75. The lowest BCUT2D eigenvalue weighted by Crippen LogP contribution is -2.50. The number of anilines is 1. The minimum Gasteiger partial charge on any atom is -0.351 e. The van der Waals surface area contributed by atoms with Gasteiger partial charge in [-0.2, -0.15) is 0 Å². The molecule has 2 aliphatic rings. The SMILES string of the molecule is CC(C)CN1CCCCC1C(=O)NCc1cccc(NC(=O)C2CC2)c1. The fourth-order valence-corrected chi connectivity index (χ4v) is 3.63. The van der Waals surface area contributed by atoms with Crippen molar-refractivity contribution in [3.8, 4) is 0 Å². The Morgan fingerprint density at radius 2 is 1.96 bits per heavy atom. The van der Waals surface area contributed by atoms with Gasteiger partial charge in [0.2, 0.25) is 11.8 Å². The van der Waals surface area contributed by atoms with Crippen LogP contribution in [-0.2, 0) is 16.1 Å². The number of amides is 2. The van der Waals surface area contributed by atoms with Crippen molar-refractivity contribution in [2.45, 2.75) is 58.5 Å². The first-order valence-electron chi connectivity index (χ1n) is 9.94. The molecule has 1 aliphatic carbocycles. The van der Waals surface area contributed by atoms with Gasteiger partial charge in [0.1, 0.15) is 0 Å². The summed E-state index contributed by atoms with van der Waals surface area (Å²) in [6.45, 7) is 6.88. The molecule has 2 amide bonds. The largest absolute Gasteiger partial charge is 0.351 e. The van der Waals surface area contributed by atoms with Crippen molar-refractivity contribution in [1.29, 1.82) is 0 Å². The van der Waals surface area contributed by atoms with Gasteiger partial charge in [-0.1, -0.05) is 32.4 Å². The first-order valence-corrected chi connectivity index (χ1v) is 9.94. The Morgan fingerprint density at radius 3 is 2.69 bits per heavy atom. The van der Waals surface area contributed by atoms with Crippen molar-refractivity contribution in [2.24, 2.45) is 11.8 Å². The molecule has 0 bridgehead atoms. The van der Waals surface area contributed by atoms with Crippen molar-refractivity contribution in [3.63, 3.8) is 0 Å². The van der Waals surface area contributed by atoms with Gasteiger partial charge >= 0.3 is 0 Å². The monoisotopic (exact) mass is 357 g/mol. The molecule has 1 atom stereocenters. The van der Waals surface area contributed by atoms with Crippen LogP contribution in [0.1, 0.15) is 51.5 Å². The van der Waals surface area contributed by atoms with Gasteiger partial charge in [-0.15, -0.1) is 0 Å². The number of piperidine rings is 1. The molecule has 2 fully saturated rings. The molecule has 2 N–H and O–H groups in total. The van der Waals surface area contributed by atoms with E-state index in [9.17, 15) is 9.59 Å². The number of benzene rings is 1. The number of nitrogens with one attached hydrogen (secondary N) is 2. The number of carbonyl (C=O) groups is 2. The minimum atomic E-state index is -0.0103. The average molecular weight is 357 g/mol. The van der Waals surface area contributed by atoms with Gasteiger partial charge in [-0.05, 0) is 55.8 Å². The van der Waals surface area contributed by atoms with E-state index in [1.54, 1.807) is 0 Å². The molecular formula is C21H31N3O2. The molecular weight excluding hydrogens is 326 g/mol. The maximum Gasteiger partial charge on any atom is 0.237 e. The van der Waals surface area contributed by atoms with Gasteiger partial charge in [-0.3, -0.25) is 14.5 Å². The van der Waals surface area contributed by atoms with E-state index in [4.69, 9.17) is 0 Å². The molecule has 0 radical (unpaired) electrons. The molecule has 1 heterocycles. The van der Waals surface area contributed by atoms with Crippen LogP contribution in [0.25, 0.3) is 0 Å². The summed E-state index contributed by atoms with van der Waals surface area (Å²) in [6.07, 6.45) is 5.23. The molecule has 1 saturated carbocycles. The molecule has 3 rings (SSSR count). The van der Waals surface area contributed by atoms with Gasteiger partial charge in [0.25, 0.3) is 0 Å². The summed E-state index contributed by atoms with van der Waals surface area (Å²) in [5, 5.41) is 6.06. The van der Waals surface area contributed by atoms with E-state index < -0.39 is 0 Å². The lowest BCUT2D eigenvalue weighted by molar-refractivity contribution is -0.128. The summed E-state index contributed by atoms with van der Waals surface area (Å²) < 4.78 is 0. The zero-order valence-electron chi connectivity index (χ0n) is 16.0. The van der Waals surface area contributed by atoms with Crippen molar-refractivity contribution < 1.29 is 9.59 Å². The fourth-order valence-electron chi connectivity index (χ4n) is 3.63. The number of hydrogen-bond donors (Lipinski definition) is 2. The Balaban J connectivity index is 1.53. The van der Waals surface area contributed by atoms with Crippen LogP contribution in [0.2, 0.25) is 0 Å². The average Bonchev–Trinajstić information content (AvgIpc) is 3.45. The van der Waals surface area contributed by atoms with E-state index in [2.05, 4.69) is 29.4 Å². The molecule has 1 aromatic rings. The lowest BCUT2D eigenvalue weighted by atomic mass is 9.99. The second-order valence-corrected chi connectivity index (χ2v) is 8.08. The lowest BCUT2D eigenvalue weighted by Gasteiger charge is -2.35. The molecule has 26 heavy (non-hydrogen) atoms. The maximum atomic E-state index is 12.7. The highest BCUT2D eigenvalue weighted by atomic mass is 16.2. The standard InChI is InChI=1S/C21H31N3O2/c1-15(2)14-24-11-4-3-8-19(24)21(26)22-13-16-6-5-7-18(12-16)23-20(25)17-9-10-17/h5-7,12,15,17,19H,3-4,8-11,13-14H2,1-2H3,(H,22,26)(H,23,25). The molecule has 142 valence electrons. The van der Waals surface area contributed by atoms with Crippen LogP contribution in [0.5, 0.6) is 0 Å². The van der Waals surface area contributed by atoms with Crippen LogP contribution in [0.4, 0.5) is 5.69 Å². The molecule has 1 aromatic carbocycles. The summed E-state index contributed by atoms with van der Waals surface area (Å²) >= 11 is 0. The highest BCUT2D eigenvalue weighted by Crippen LogP contribution is 2.30. The first-order chi connectivity index (χ1) is 12.5. The highest BCUT2D eigenvalue weighted by Gasteiger charge is 2.30. The summed E-state index contributed by atoms with van der Waals surface area (Å²) in [4.78, 5) is 26.9. The molecule has 0 spiro atoms. The van der Waals surface area contributed by atoms with E-state index in [0.29, 0.717) is 12.5 Å². The Labute approximate surface area is 156 Å². The number of likely N-dealkylation sites (tertiary alicyclic amines) is 1. The minimum absolute atomic E-state index is 0.0103. The Morgan fingerprint density at radius 1 is 1.15 bits per heavy atom. The number of rotatable bonds is 7. The van der Waals surface area contributed by atoms with Crippen LogP contribution >= 0.6 is 0 Å². The fraction of sp³-hybridized carbons (Fsp3) is 0.619. The summed E-state index contributed by atoms with van der Waals surface area (Å²) in [5.41, 5.74) is 1.82. The smallest absolute Gasteiger partial charge is 0.237 e. The quantitative estimate of drug-likeness (QED) is 0.788. The maximum absolute atomic E-state index is 12.7. The second-order valence-electron chi connectivity index (χ2n) is 8.08. The van der Waals surface area contributed by atoms with Crippen LogP contribution in [0.15, 0.2) is 24.3 Å². The first kappa shape index (κ1) is 18.9. The predicted molar refractivity (Wildman–Crippen MR) is 104 cm³/mol. The van der Waals surface area contributed by atoms with Crippen LogP contribution in [0.3, 0.4) is 0 Å². The van der Waals surface area contributed by atoms with Gasteiger partial charge in [0, 0.05) is 24.7 Å². The molecule has 5 nitrogen and oxygen atoms in total. The topological polar surface area (TPSA) is 61.4 Å². The third-order valence-electron chi connectivity index (χ3n) is 5.13. The molecule has 1 aliphatic heterocycles. The van der Waals surface area contributed by atoms with Crippen LogP contribution in [0, 0.1) is 11.8 Å². The van der Waals surface area contributed by atoms with Gasteiger partial charge in [0.15, 0.2) is 0 Å². The third-order valence-corrected chi connectivity index (χ3v) is 5.13. The Bertz CT molecular complexity index is 640. The molecule has 1 unspecified atom stereocenters. The Hall–Kier alpha value is -1.88. The summed E-state index contributed by atoms with van der Waals surface area (Å²) in [7, 11) is 0.